The van der Waals surface area contributed by atoms with Gasteiger partial charge in [-0.2, -0.15) is 4.98 Å². The van der Waals surface area contributed by atoms with E-state index in [1.807, 2.05) is 24.3 Å². The minimum absolute atomic E-state index is 0.556. The molecule has 19 heavy (non-hydrogen) atoms. The van der Waals surface area contributed by atoms with Gasteiger partial charge >= 0.3 is 0 Å². The van der Waals surface area contributed by atoms with E-state index in [1.54, 1.807) is 0 Å². The summed E-state index contributed by atoms with van der Waals surface area (Å²) in [6.45, 7) is 1.79. The Kier molecular flexibility index (Phi) is 3.53. The second-order valence-electron chi connectivity index (χ2n) is 5.13. The zero-order chi connectivity index (χ0) is 13.2. The fourth-order valence-corrected chi connectivity index (χ4v) is 2.33. The third kappa shape index (κ3) is 3.14. The van der Waals surface area contributed by atoms with Gasteiger partial charge in [0.15, 0.2) is 0 Å². The molecule has 5 heteroatoms. The van der Waals surface area contributed by atoms with Gasteiger partial charge in [0, 0.05) is 12.1 Å². The molecular formula is C14H16ClN3O. The van der Waals surface area contributed by atoms with Gasteiger partial charge in [0.05, 0.1) is 11.6 Å². The van der Waals surface area contributed by atoms with Gasteiger partial charge in [0.2, 0.25) is 11.7 Å². The molecule has 0 radical (unpaired) electrons. The Morgan fingerprint density at radius 2 is 2.16 bits per heavy atom. The van der Waals surface area contributed by atoms with Crippen LogP contribution in [0.2, 0.25) is 5.02 Å². The molecule has 0 aliphatic heterocycles. The first-order valence-corrected chi connectivity index (χ1v) is 6.86. The van der Waals surface area contributed by atoms with Crippen LogP contribution >= 0.6 is 11.6 Å². The van der Waals surface area contributed by atoms with Crippen LogP contribution in [-0.2, 0) is 6.54 Å². The Hall–Kier alpha value is -1.39. The molecule has 1 aromatic carbocycles. The minimum Gasteiger partial charge on any atom is -0.338 e. The van der Waals surface area contributed by atoms with Crippen LogP contribution < -0.4 is 0 Å². The summed E-state index contributed by atoms with van der Waals surface area (Å²) in [6, 6.07) is 7.52. The molecule has 1 aliphatic carbocycles. The van der Waals surface area contributed by atoms with Crippen molar-refractivity contribution in [1.82, 2.24) is 15.0 Å². The Morgan fingerprint density at radius 3 is 2.89 bits per heavy atom. The van der Waals surface area contributed by atoms with Crippen LogP contribution in [0.25, 0.3) is 11.4 Å². The van der Waals surface area contributed by atoms with Gasteiger partial charge in [0.1, 0.15) is 0 Å². The number of aromatic nitrogens is 2. The predicted octanol–water partition coefficient (Wildman–Crippen LogP) is 3.23. The summed E-state index contributed by atoms with van der Waals surface area (Å²) in [6.07, 6.45) is 2.69. The Bertz CT molecular complexity index is 565. The molecule has 0 unspecified atom stereocenters. The SMILES string of the molecule is CN(Cc1nc(-c2ccccc2Cl)no1)CC1CC1. The largest absolute Gasteiger partial charge is 0.338 e. The number of halogens is 1. The molecule has 1 aliphatic rings. The first kappa shape index (κ1) is 12.6. The van der Waals surface area contributed by atoms with Gasteiger partial charge in [0.25, 0.3) is 0 Å². The van der Waals surface area contributed by atoms with E-state index in [-0.39, 0.29) is 0 Å². The number of rotatable bonds is 5. The van der Waals surface area contributed by atoms with Crippen molar-refractivity contribution in [2.75, 3.05) is 13.6 Å². The van der Waals surface area contributed by atoms with Crippen molar-refractivity contribution < 1.29 is 4.52 Å². The van der Waals surface area contributed by atoms with Crippen molar-refractivity contribution in [1.29, 1.82) is 0 Å². The molecule has 0 N–H and O–H groups in total. The molecule has 0 saturated heterocycles. The summed E-state index contributed by atoms with van der Waals surface area (Å²) in [4.78, 5) is 6.63. The maximum atomic E-state index is 6.12. The number of nitrogens with zero attached hydrogens (tertiary/aromatic N) is 3. The van der Waals surface area contributed by atoms with Crippen LogP contribution in [0.15, 0.2) is 28.8 Å². The van der Waals surface area contributed by atoms with Gasteiger partial charge < -0.3 is 4.52 Å². The fourth-order valence-electron chi connectivity index (χ4n) is 2.11. The van der Waals surface area contributed by atoms with E-state index >= 15 is 0 Å². The van der Waals surface area contributed by atoms with E-state index < -0.39 is 0 Å². The summed E-state index contributed by atoms with van der Waals surface area (Å²) in [5.74, 6) is 2.05. The van der Waals surface area contributed by atoms with Gasteiger partial charge in [-0.05, 0) is 37.9 Å². The van der Waals surface area contributed by atoms with Crippen molar-refractivity contribution in [2.24, 2.45) is 5.92 Å². The summed E-state index contributed by atoms with van der Waals surface area (Å²) in [5.41, 5.74) is 0.809. The molecule has 0 spiro atoms. The predicted molar refractivity (Wildman–Crippen MR) is 73.8 cm³/mol. The maximum absolute atomic E-state index is 6.12. The standard InChI is InChI=1S/C14H16ClN3O/c1-18(8-10-6-7-10)9-13-16-14(17-19-13)11-4-2-3-5-12(11)15/h2-5,10H,6-9H2,1H3. The molecule has 4 nitrogen and oxygen atoms in total. The Balaban J connectivity index is 1.70. The zero-order valence-electron chi connectivity index (χ0n) is 10.8. The topological polar surface area (TPSA) is 42.2 Å². The van der Waals surface area contributed by atoms with E-state index in [2.05, 4.69) is 22.1 Å². The first-order chi connectivity index (χ1) is 9.22. The summed E-state index contributed by atoms with van der Waals surface area (Å²) < 4.78 is 5.29. The van der Waals surface area contributed by atoms with Crippen LogP contribution in [0.1, 0.15) is 18.7 Å². The molecule has 0 bridgehead atoms. The minimum atomic E-state index is 0.556. The van der Waals surface area contributed by atoms with Crippen LogP contribution in [0.3, 0.4) is 0 Å². The molecule has 2 aromatic rings. The number of hydrogen-bond donors (Lipinski definition) is 0. The third-order valence-electron chi connectivity index (χ3n) is 3.25. The fraction of sp³-hybridized carbons (Fsp3) is 0.429. The highest BCUT2D eigenvalue weighted by molar-refractivity contribution is 6.33. The van der Waals surface area contributed by atoms with Crippen LogP contribution in [-0.4, -0.2) is 28.6 Å². The van der Waals surface area contributed by atoms with Gasteiger partial charge in [-0.15, -0.1) is 0 Å². The second-order valence-corrected chi connectivity index (χ2v) is 5.54. The first-order valence-electron chi connectivity index (χ1n) is 6.48. The summed E-state index contributed by atoms with van der Waals surface area (Å²) in [7, 11) is 2.08. The molecule has 0 amide bonds. The van der Waals surface area contributed by atoms with E-state index in [0.717, 1.165) is 18.0 Å². The smallest absolute Gasteiger partial charge is 0.241 e. The lowest BCUT2D eigenvalue weighted by atomic mass is 10.2. The lowest BCUT2D eigenvalue weighted by Crippen LogP contribution is -2.20. The Morgan fingerprint density at radius 1 is 1.37 bits per heavy atom. The van der Waals surface area contributed by atoms with Crippen molar-refractivity contribution in [3.8, 4) is 11.4 Å². The van der Waals surface area contributed by atoms with E-state index in [1.165, 1.54) is 12.8 Å². The highest BCUT2D eigenvalue weighted by Crippen LogP contribution is 2.30. The van der Waals surface area contributed by atoms with Crippen LogP contribution in [0.4, 0.5) is 0 Å². The van der Waals surface area contributed by atoms with Crippen molar-refractivity contribution in [2.45, 2.75) is 19.4 Å². The van der Waals surface area contributed by atoms with E-state index in [4.69, 9.17) is 16.1 Å². The summed E-state index contributed by atoms with van der Waals surface area (Å²) in [5, 5.41) is 4.64. The molecule has 0 atom stereocenters. The van der Waals surface area contributed by atoms with Gasteiger partial charge in [-0.1, -0.05) is 28.9 Å². The van der Waals surface area contributed by atoms with Crippen LogP contribution in [0, 0.1) is 5.92 Å². The molecule has 1 heterocycles. The van der Waals surface area contributed by atoms with Crippen molar-refractivity contribution in [3.63, 3.8) is 0 Å². The summed E-state index contributed by atoms with van der Waals surface area (Å²) >= 11 is 6.12. The normalized spacial score (nSPS) is 15.1. The van der Waals surface area contributed by atoms with Gasteiger partial charge in [-0.3, -0.25) is 4.90 Å². The Labute approximate surface area is 117 Å². The van der Waals surface area contributed by atoms with E-state index in [0.29, 0.717) is 23.3 Å². The average Bonchev–Trinajstić information content (AvgIpc) is 3.07. The molecule has 1 fully saturated rings. The van der Waals surface area contributed by atoms with Crippen molar-refractivity contribution >= 4 is 11.6 Å². The zero-order valence-corrected chi connectivity index (χ0v) is 11.6. The highest BCUT2D eigenvalue weighted by Gasteiger charge is 2.23. The lowest BCUT2D eigenvalue weighted by molar-refractivity contribution is 0.259. The molecule has 3 rings (SSSR count). The molecular weight excluding hydrogens is 262 g/mol. The lowest BCUT2D eigenvalue weighted by Gasteiger charge is -2.12. The number of benzene rings is 1. The molecule has 1 aromatic heterocycles. The van der Waals surface area contributed by atoms with Crippen molar-refractivity contribution in [3.05, 3.63) is 35.2 Å². The molecule has 1 saturated carbocycles. The van der Waals surface area contributed by atoms with Crippen LogP contribution in [0.5, 0.6) is 0 Å². The quantitative estimate of drug-likeness (QED) is 0.841. The second kappa shape index (κ2) is 5.31. The monoisotopic (exact) mass is 277 g/mol. The van der Waals surface area contributed by atoms with Gasteiger partial charge in [-0.25, -0.2) is 0 Å². The highest BCUT2D eigenvalue weighted by atomic mass is 35.5. The maximum Gasteiger partial charge on any atom is 0.241 e. The average molecular weight is 278 g/mol. The number of hydrogen-bond acceptors (Lipinski definition) is 4. The molecule has 100 valence electrons. The third-order valence-corrected chi connectivity index (χ3v) is 3.58. The van der Waals surface area contributed by atoms with E-state index in [9.17, 15) is 0 Å².